The first kappa shape index (κ1) is 14.7. The molecule has 1 unspecified atom stereocenters. The molecule has 2 N–H and O–H groups in total. The zero-order valence-corrected chi connectivity index (χ0v) is 12.6. The van der Waals surface area contributed by atoms with Gasteiger partial charge in [-0.2, -0.15) is 0 Å². The van der Waals surface area contributed by atoms with Crippen LogP contribution in [0.1, 0.15) is 44.9 Å². The fraction of sp³-hybridized carbons (Fsp3) is 0.875. The molecule has 3 fully saturated rings. The first-order valence-corrected chi connectivity index (χ1v) is 8.38. The molecular formula is C16H26N2O3. The monoisotopic (exact) mass is 294 g/mol. The highest BCUT2D eigenvalue weighted by atomic mass is 16.4. The van der Waals surface area contributed by atoms with Crippen LogP contribution in [-0.2, 0) is 4.79 Å². The number of nitrogens with one attached hydrogen (secondary N) is 1. The van der Waals surface area contributed by atoms with E-state index in [1.807, 2.05) is 4.90 Å². The van der Waals surface area contributed by atoms with Gasteiger partial charge in [-0.05, 0) is 62.2 Å². The molecule has 0 bridgehead atoms. The third-order valence-electron chi connectivity index (χ3n) is 5.21. The Morgan fingerprint density at radius 1 is 1.14 bits per heavy atom. The number of amides is 2. The summed E-state index contributed by atoms with van der Waals surface area (Å²) in [5.41, 5.74) is 0. The molecule has 2 amide bonds. The molecule has 1 heterocycles. The van der Waals surface area contributed by atoms with Gasteiger partial charge in [0.1, 0.15) is 0 Å². The average Bonchev–Trinajstić information content (AvgIpc) is 3.32. The SMILES string of the molecule is O=C(O)CC1CCCN(C(=O)NCC(C2CC2)C2CC2)C1. The highest BCUT2D eigenvalue weighted by Crippen LogP contribution is 2.48. The second-order valence-electron chi connectivity index (χ2n) is 7.08. The van der Waals surface area contributed by atoms with Crippen molar-refractivity contribution in [1.82, 2.24) is 10.2 Å². The zero-order chi connectivity index (χ0) is 14.8. The lowest BCUT2D eigenvalue weighted by atomic mass is 9.95. The Morgan fingerprint density at radius 2 is 1.81 bits per heavy atom. The van der Waals surface area contributed by atoms with Crippen molar-refractivity contribution in [3.05, 3.63) is 0 Å². The van der Waals surface area contributed by atoms with Crippen LogP contribution in [0.15, 0.2) is 0 Å². The minimum absolute atomic E-state index is 0.0105. The summed E-state index contributed by atoms with van der Waals surface area (Å²) in [7, 11) is 0. The van der Waals surface area contributed by atoms with E-state index in [4.69, 9.17) is 5.11 Å². The molecule has 1 aliphatic heterocycles. The number of urea groups is 1. The molecule has 118 valence electrons. The summed E-state index contributed by atoms with van der Waals surface area (Å²) in [6.07, 6.45) is 7.35. The van der Waals surface area contributed by atoms with E-state index in [0.717, 1.165) is 37.8 Å². The van der Waals surface area contributed by atoms with Gasteiger partial charge in [0.2, 0.25) is 0 Å². The molecule has 1 atom stereocenters. The smallest absolute Gasteiger partial charge is 0.317 e. The number of hydrogen-bond donors (Lipinski definition) is 2. The number of carboxylic acids is 1. The standard InChI is InChI=1S/C16H26N2O3/c19-15(20)8-11-2-1-7-18(10-11)16(21)17-9-14(12-3-4-12)13-5-6-13/h11-14H,1-10H2,(H,17,21)(H,19,20). The van der Waals surface area contributed by atoms with Crippen LogP contribution in [0.3, 0.4) is 0 Å². The molecule has 0 aromatic heterocycles. The number of rotatable bonds is 6. The molecule has 0 aromatic rings. The molecule has 1 saturated heterocycles. The normalized spacial score (nSPS) is 26.0. The zero-order valence-electron chi connectivity index (χ0n) is 12.6. The van der Waals surface area contributed by atoms with E-state index in [1.165, 1.54) is 25.7 Å². The molecule has 5 heteroatoms. The molecule has 3 rings (SSSR count). The summed E-state index contributed by atoms with van der Waals surface area (Å²) in [5.74, 6) is 1.74. The predicted octanol–water partition coefficient (Wildman–Crippen LogP) is 2.32. The van der Waals surface area contributed by atoms with Gasteiger partial charge in [0.15, 0.2) is 0 Å². The Morgan fingerprint density at radius 3 is 2.38 bits per heavy atom. The summed E-state index contributed by atoms with van der Waals surface area (Å²) in [6, 6.07) is 0.0105. The summed E-state index contributed by atoms with van der Waals surface area (Å²) >= 11 is 0. The minimum Gasteiger partial charge on any atom is -0.481 e. The van der Waals surface area contributed by atoms with Crippen LogP contribution in [0.25, 0.3) is 0 Å². The maximum absolute atomic E-state index is 12.3. The largest absolute Gasteiger partial charge is 0.481 e. The van der Waals surface area contributed by atoms with Crippen LogP contribution < -0.4 is 5.32 Å². The number of piperidine rings is 1. The fourth-order valence-corrected chi connectivity index (χ4v) is 3.75. The molecule has 3 aliphatic rings. The molecule has 2 saturated carbocycles. The van der Waals surface area contributed by atoms with Crippen molar-refractivity contribution >= 4 is 12.0 Å². The Balaban J connectivity index is 1.44. The molecular weight excluding hydrogens is 268 g/mol. The van der Waals surface area contributed by atoms with Crippen molar-refractivity contribution in [1.29, 1.82) is 0 Å². The Hall–Kier alpha value is -1.26. The van der Waals surface area contributed by atoms with E-state index in [0.29, 0.717) is 12.5 Å². The predicted molar refractivity (Wildman–Crippen MR) is 78.9 cm³/mol. The minimum atomic E-state index is -0.759. The maximum Gasteiger partial charge on any atom is 0.317 e. The topological polar surface area (TPSA) is 69.6 Å². The third-order valence-corrected chi connectivity index (χ3v) is 5.21. The second kappa shape index (κ2) is 6.24. The quantitative estimate of drug-likeness (QED) is 0.790. The third kappa shape index (κ3) is 4.11. The van der Waals surface area contributed by atoms with Gasteiger partial charge in [-0.25, -0.2) is 4.79 Å². The lowest BCUT2D eigenvalue weighted by molar-refractivity contribution is -0.138. The van der Waals surface area contributed by atoms with Crippen LogP contribution in [-0.4, -0.2) is 41.6 Å². The van der Waals surface area contributed by atoms with Gasteiger partial charge in [0, 0.05) is 26.1 Å². The number of carboxylic acid groups (broad SMARTS) is 1. The Labute approximate surface area is 126 Å². The number of nitrogens with zero attached hydrogens (tertiary/aromatic N) is 1. The highest BCUT2D eigenvalue weighted by molar-refractivity contribution is 5.74. The molecule has 5 nitrogen and oxygen atoms in total. The van der Waals surface area contributed by atoms with Gasteiger partial charge in [-0.15, -0.1) is 0 Å². The number of carbonyl (C=O) groups is 2. The summed E-state index contributed by atoms with van der Waals surface area (Å²) in [6.45, 7) is 2.17. The molecule has 0 spiro atoms. The first-order valence-electron chi connectivity index (χ1n) is 8.38. The molecule has 0 aromatic carbocycles. The van der Waals surface area contributed by atoms with Crippen molar-refractivity contribution in [2.24, 2.45) is 23.7 Å². The van der Waals surface area contributed by atoms with E-state index in [1.54, 1.807) is 0 Å². The van der Waals surface area contributed by atoms with Crippen LogP contribution >= 0.6 is 0 Å². The van der Waals surface area contributed by atoms with E-state index < -0.39 is 5.97 Å². The molecule has 0 radical (unpaired) electrons. The van der Waals surface area contributed by atoms with E-state index >= 15 is 0 Å². The van der Waals surface area contributed by atoms with Crippen LogP contribution in [0, 0.1) is 23.7 Å². The van der Waals surface area contributed by atoms with Crippen molar-refractivity contribution in [2.75, 3.05) is 19.6 Å². The number of hydrogen-bond acceptors (Lipinski definition) is 2. The number of carbonyl (C=O) groups excluding carboxylic acids is 1. The van der Waals surface area contributed by atoms with Crippen molar-refractivity contribution in [3.63, 3.8) is 0 Å². The van der Waals surface area contributed by atoms with Gasteiger partial charge in [0.25, 0.3) is 0 Å². The van der Waals surface area contributed by atoms with Crippen LogP contribution in [0.5, 0.6) is 0 Å². The first-order chi connectivity index (χ1) is 10.1. The maximum atomic E-state index is 12.3. The molecule has 21 heavy (non-hydrogen) atoms. The van der Waals surface area contributed by atoms with Gasteiger partial charge < -0.3 is 15.3 Å². The van der Waals surface area contributed by atoms with Gasteiger partial charge in [0.05, 0.1) is 0 Å². The van der Waals surface area contributed by atoms with E-state index in [-0.39, 0.29) is 18.4 Å². The van der Waals surface area contributed by atoms with E-state index in [9.17, 15) is 9.59 Å². The highest BCUT2D eigenvalue weighted by Gasteiger charge is 2.41. The van der Waals surface area contributed by atoms with Crippen molar-refractivity contribution < 1.29 is 14.7 Å². The van der Waals surface area contributed by atoms with E-state index in [2.05, 4.69) is 5.32 Å². The summed E-state index contributed by atoms with van der Waals surface area (Å²) in [5, 5.41) is 12.0. The Bertz CT molecular complexity index is 392. The summed E-state index contributed by atoms with van der Waals surface area (Å²) in [4.78, 5) is 24.9. The van der Waals surface area contributed by atoms with Crippen LogP contribution in [0.4, 0.5) is 4.79 Å². The average molecular weight is 294 g/mol. The van der Waals surface area contributed by atoms with Gasteiger partial charge in [-0.1, -0.05) is 0 Å². The fourth-order valence-electron chi connectivity index (χ4n) is 3.75. The molecule has 2 aliphatic carbocycles. The van der Waals surface area contributed by atoms with Crippen molar-refractivity contribution in [3.8, 4) is 0 Å². The second-order valence-corrected chi connectivity index (χ2v) is 7.08. The lowest BCUT2D eigenvalue weighted by Crippen LogP contribution is -2.47. The van der Waals surface area contributed by atoms with Gasteiger partial charge in [-0.3, -0.25) is 4.79 Å². The van der Waals surface area contributed by atoms with Gasteiger partial charge >= 0.3 is 12.0 Å². The number of likely N-dealkylation sites (tertiary alicyclic amines) is 1. The van der Waals surface area contributed by atoms with Crippen molar-refractivity contribution in [2.45, 2.75) is 44.9 Å². The number of aliphatic carboxylic acids is 1. The summed E-state index contributed by atoms with van der Waals surface area (Å²) < 4.78 is 0. The Kier molecular flexibility index (Phi) is 4.36. The van der Waals surface area contributed by atoms with Crippen LogP contribution in [0.2, 0.25) is 0 Å². The lowest BCUT2D eigenvalue weighted by Gasteiger charge is -2.32.